The zero-order chi connectivity index (χ0) is 15.8. The molecule has 1 N–H and O–H groups in total. The number of aromatic nitrogens is 3. The molecule has 1 fully saturated rings. The summed E-state index contributed by atoms with van der Waals surface area (Å²) in [5.41, 5.74) is 4.98. The average Bonchev–Trinajstić information content (AvgIpc) is 2.95. The number of piperidine rings is 1. The SMILES string of the molecule is CN1CCC(n2nc(-c3cncc(Br)c3)c3c2CCNC3)CC1. The minimum atomic E-state index is 0.534. The van der Waals surface area contributed by atoms with Crippen molar-refractivity contribution in [2.24, 2.45) is 0 Å². The van der Waals surface area contributed by atoms with E-state index in [0.717, 1.165) is 48.3 Å². The summed E-state index contributed by atoms with van der Waals surface area (Å²) in [4.78, 5) is 6.73. The quantitative estimate of drug-likeness (QED) is 0.876. The number of hydrogen-bond donors (Lipinski definition) is 1. The predicted molar refractivity (Wildman–Crippen MR) is 94.3 cm³/mol. The second-order valence-corrected chi connectivity index (χ2v) is 7.49. The second-order valence-electron chi connectivity index (χ2n) is 6.57. The molecule has 23 heavy (non-hydrogen) atoms. The lowest BCUT2D eigenvalue weighted by atomic mass is 10.0. The molecule has 0 spiro atoms. The topological polar surface area (TPSA) is 46.0 Å². The Labute approximate surface area is 145 Å². The molecule has 0 amide bonds. The number of rotatable bonds is 2. The van der Waals surface area contributed by atoms with Crippen LogP contribution >= 0.6 is 15.9 Å². The first-order chi connectivity index (χ1) is 11.2. The number of pyridine rings is 1. The maximum Gasteiger partial charge on any atom is 0.0987 e. The highest BCUT2D eigenvalue weighted by Gasteiger charge is 2.27. The Morgan fingerprint density at radius 2 is 2.09 bits per heavy atom. The normalized spacial score (nSPS) is 19.7. The van der Waals surface area contributed by atoms with E-state index < -0.39 is 0 Å². The first-order valence-corrected chi connectivity index (χ1v) is 9.12. The van der Waals surface area contributed by atoms with Gasteiger partial charge in [0.15, 0.2) is 0 Å². The van der Waals surface area contributed by atoms with Crippen LogP contribution in [-0.2, 0) is 13.0 Å². The summed E-state index contributed by atoms with van der Waals surface area (Å²) in [5, 5.41) is 8.54. The van der Waals surface area contributed by atoms with Crippen LogP contribution in [0, 0.1) is 0 Å². The summed E-state index contributed by atoms with van der Waals surface area (Å²) in [6.45, 7) is 4.27. The van der Waals surface area contributed by atoms with E-state index in [2.05, 4.69) is 48.9 Å². The monoisotopic (exact) mass is 375 g/mol. The van der Waals surface area contributed by atoms with Crippen LogP contribution in [0.1, 0.15) is 30.1 Å². The molecular weight excluding hydrogens is 354 g/mol. The Hall–Kier alpha value is -1.24. The van der Waals surface area contributed by atoms with Gasteiger partial charge >= 0.3 is 0 Å². The fourth-order valence-electron chi connectivity index (χ4n) is 3.69. The van der Waals surface area contributed by atoms with Crippen LogP contribution in [0.3, 0.4) is 0 Å². The van der Waals surface area contributed by atoms with E-state index >= 15 is 0 Å². The highest BCUT2D eigenvalue weighted by Crippen LogP contribution is 2.32. The molecule has 5 nitrogen and oxygen atoms in total. The van der Waals surface area contributed by atoms with E-state index in [4.69, 9.17) is 5.10 Å². The Balaban J connectivity index is 1.76. The summed E-state index contributed by atoms with van der Waals surface area (Å²) >= 11 is 3.53. The van der Waals surface area contributed by atoms with Crippen molar-refractivity contribution in [3.05, 3.63) is 34.2 Å². The van der Waals surface area contributed by atoms with Gasteiger partial charge in [0.25, 0.3) is 0 Å². The van der Waals surface area contributed by atoms with Gasteiger partial charge in [-0.25, -0.2) is 0 Å². The molecular formula is C17H22BrN5. The molecule has 0 atom stereocenters. The minimum Gasteiger partial charge on any atom is -0.312 e. The van der Waals surface area contributed by atoms with Gasteiger partial charge < -0.3 is 10.2 Å². The predicted octanol–water partition coefficient (Wildman–Crippen LogP) is 2.62. The van der Waals surface area contributed by atoms with Gasteiger partial charge in [0, 0.05) is 53.2 Å². The molecule has 0 aromatic carbocycles. The molecule has 2 aromatic heterocycles. The van der Waals surface area contributed by atoms with Gasteiger partial charge in [-0.15, -0.1) is 0 Å². The lowest BCUT2D eigenvalue weighted by molar-refractivity contribution is 0.209. The van der Waals surface area contributed by atoms with Gasteiger partial charge in [-0.05, 0) is 55.0 Å². The summed E-state index contributed by atoms with van der Waals surface area (Å²) in [6.07, 6.45) is 7.18. The molecule has 2 aliphatic rings. The summed E-state index contributed by atoms with van der Waals surface area (Å²) in [6, 6.07) is 2.65. The molecule has 0 bridgehead atoms. The third kappa shape index (κ3) is 2.95. The number of fused-ring (bicyclic) bond motifs is 1. The third-order valence-electron chi connectivity index (χ3n) is 4.97. The van der Waals surface area contributed by atoms with Gasteiger partial charge in [-0.3, -0.25) is 9.67 Å². The average molecular weight is 376 g/mol. The lowest BCUT2D eigenvalue weighted by Crippen LogP contribution is -2.33. The fraction of sp³-hybridized carbons (Fsp3) is 0.529. The van der Waals surface area contributed by atoms with Crippen LogP contribution in [0.15, 0.2) is 22.9 Å². The molecule has 0 unspecified atom stereocenters. The van der Waals surface area contributed by atoms with Crippen molar-refractivity contribution in [1.82, 2.24) is 25.0 Å². The first kappa shape index (κ1) is 15.3. The number of nitrogens with one attached hydrogen (secondary N) is 1. The largest absolute Gasteiger partial charge is 0.312 e. The van der Waals surface area contributed by atoms with E-state index in [1.54, 1.807) is 0 Å². The van der Waals surface area contributed by atoms with Crippen LogP contribution in [0.5, 0.6) is 0 Å². The molecule has 4 heterocycles. The van der Waals surface area contributed by atoms with Gasteiger partial charge in [0.2, 0.25) is 0 Å². The molecule has 122 valence electrons. The molecule has 0 radical (unpaired) electrons. The molecule has 6 heteroatoms. The van der Waals surface area contributed by atoms with Crippen molar-refractivity contribution in [2.45, 2.75) is 31.8 Å². The van der Waals surface area contributed by atoms with Crippen LogP contribution in [0.2, 0.25) is 0 Å². The molecule has 2 aromatic rings. The van der Waals surface area contributed by atoms with Gasteiger partial charge in [-0.2, -0.15) is 5.10 Å². The maximum atomic E-state index is 5.05. The van der Waals surface area contributed by atoms with E-state index in [1.807, 2.05) is 12.4 Å². The minimum absolute atomic E-state index is 0.534. The van der Waals surface area contributed by atoms with E-state index in [0.29, 0.717) is 6.04 Å². The summed E-state index contributed by atoms with van der Waals surface area (Å²) < 4.78 is 3.33. The van der Waals surface area contributed by atoms with Crippen molar-refractivity contribution in [3.63, 3.8) is 0 Å². The number of nitrogens with zero attached hydrogens (tertiary/aromatic N) is 4. The van der Waals surface area contributed by atoms with E-state index in [9.17, 15) is 0 Å². The molecule has 0 aliphatic carbocycles. The van der Waals surface area contributed by atoms with Crippen LogP contribution in [-0.4, -0.2) is 46.3 Å². The van der Waals surface area contributed by atoms with Crippen molar-refractivity contribution in [1.29, 1.82) is 0 Å². The standard InChI is InChI=1S/C17H22BrN5/c1-22-6-3-14(4-7-22)23-16-2-5-19-11-15(16)17(21-23)12-8-13(18)10-20-9-12/h8-10,14,19H,2-7,11H2,1H3. The zero-order valence-corrected chi connectivity index (χ0v) is 15.0. The van der Waals surface area contributed by atoms with Crippen molar-refractivity contribution < 1.29 is 0 Å². The first-order valence-electron chi connectivity index (χ1n) is 8.33. The summed E-state index contributed by atoms with van der Waals surface area (Å²) in [7, 11) is 2.21. The maximum absolute atomic E-state index is 5.05. The highest BCUT2D eigenvalue weighted by molar-refractivity contribution is 9.10. The van der Waals surface area contributed by atoms with Gasteiger partial charge in [0.1, 0.15) is 0 Å². The second kappa shape index (κ2) is 6.34. The lowest BCUT2D eigenvalue weighted by Gasteiger charge is -2.30. The Morgan fingerprint density at radius 1 is 1.26 bits per heavy atom. The molecule has 1 saturated heterocycles. The molecule has 2 aliphatic heterocycles. The summed E-state index contributed by atoms with van der Waals surface area (Å²) in [5.74, 6) is 0. The number of likely N-dealkylation sites (tertiary alicyclic amines) is 1. The van der Waals surface area contributed by atoms with Crippen molar-refractivity contribution in [2.75, 3.05) is 26.7 Å². The number of hydrogen-bond acceptors (Lipinski definition) is 4. The molecule has 4 rings (SSSR count). The van der Waals surface area contributed by atoms with Crippen LogP contribution in [0.4, 0.5) is 0 Å². The smallest absolute Gasteiger partial charge is 0.0987 e. The highest BCUT2D eigenvalue weighted by atomic mass is 79.9. The van der Waals surface area contributed by atoms with Gasteiger partial charge in [0.05, 0.1) is 11.7 Å². The van der Waals surface area contributed by atoms with Crippen molar-refractivity contribution >= 4 is 15.9 Å². The Bertz CT molecular complexity index is 703. The van der Waals surface area contributed by atoms with E-state index in [-0.39, 0.29) is 0 Å². The van der Waals surface area contributed by atoms with Crippen LogP contribution < -0.4 is 5.32 Å². The van der Waals surface area contributed by atoms with E-state index in [1.165, 1.54) is 24.1 Å². The number of halogens is 1. The molecule has 0 saturated carbocycles. The zero-order valence-electron chi connectivity index (χ0n) is 13.4. The third-order valence-corrected chi connectivity index (χ3v) is 5.40. The fourth-order valence-corrected chi connectivity index (χ4v) is 4.05. The van der Waals surface area contributed by atoms with Crippen LogP contribution in [0.25, 0.3) is 11.3 Å². The van der Waals surface area contributed by atoms with Gasteiger partial charge in [-0.1, -0.05) is 0 Å². The Kier molecular flexibility index (Phi) is 4.22. The van der Waals surface area contributed by atoms with Crippen molar-refractivity contribution in [3.8, 4) is 11.3 Å². The Morgan fingerprint density at radius 3 is 2.87 bits per heavy atom.